The van der Waals surface area contributed by atoms with E-state index in [-0.39, 0.29) is 6.42 Å². The van der Waals surface area contributed by atoms with Crippen LogP contribution in [-0.2, 0) is 22.4 Å². The van der Waals surface area contributed by atoms with Crippen LogP contribution in [0.4, 0.5) is 13.2 Å². The predicted molar refractivity (Wildman–Crippen MR) is 122 cm³/mol. The summed E-state index contributed by atoms with van der Waals surface area (Å²) >= 11 is 3.57. The van der Waals surface area contributed by atoms with E-state index in [2.05, 4.69) is 51.6 Å². The van der Waals surface area contributed by atoms with Crippen LogP contribution >= 0.6 is 15.9 Å². The lowest BCUT2D eigenvalue weighted by Gasteiger charge is -2.08. The maximum absolute atomic E-state index is 10.6. The van der Waals surface area contributed by atoms with Gasteiger partial charge in [-0.15, -0.1) is 0 Å². The van der Waals surface area contributed by atoms with Gasteiger partial charge in [-0.3, -0.25) is 4.79 Å². The zero-order valence-corrected chi connectivity index (χ0v) is 19.5. The molecule has 0 spiro atoms. The van der Waals surface area contributed by atoms with Gasteiger partial charge in [0.25, 0.3) is 0 Å². The van der Waals surface area contributed by atoms with E-state index >= 15 is 0 Å². The van der Waals surface area contributed by atoms with Crippen LogP contribution in [0.2, 0.25) is 0 Å². The molecule has 2 rings (SSSR count). The Labute approximate surface area is 198 Å². The molecule has 0 saturated carbocycles. The molecular weight excluding hydrogens is 507 g/mol. The maximum atomic E-state index is 10.6. The highest BCUT2D eigenvalue weighted by Crippen LogP contribution is 2.18. The summed E-state index contributed by atoms with van der Waals surface area (Å²) in [5, 5.41) is 18.8. The largest absolute Gasteiger partial charge is 0.494 e. The van der Waals surface area contributed by atoms with E-state index in [4.69, 9.17) is 19.7 Å². The molecule has 0 fully saturated rings. The molecule has 0 saturated heterocycles. The van der Waals surface area contributed by atoms with Gasteiger partial charge in [-0.1, -0.05) is 46.3 Å². The molecule has 0 unspecified atom stereocenters. The average molecular weight is 534 g/mol. The number of rotatable bonds is 12. The van der Waals surface area contributed by atoms with Crippen molar-refractivity contribution in [2.45, 2.75) is 38.3 Å². The molecule has 10 heteroatoms. The minimum absolute atomic E-state index is 0.174. The van der Waals surface area contributed by atoms with Gasteiger partial charge < -0.3 is 20.3 Å². The Hall–Kier alpha value is -2.59. The summed E-state index contributed by atoms with van der Waals surface area (Å²) in [6, 6.07) is 16.5. The van der Waals surface area contributed by atoms with Crippen LogP contribution in [0, 0.1) is 0 Å². The Kier molecular flexibility index (Phi) is 13.2. The van der Waals surface area contributed by atoms with E-state index in [0.29, 0.717) is 13.2 Å². The molecule has 0 aliphatic carbocycles. The molecule has 0 aliphatic rings. The Morgan fingerprint density at radius 2 is 1.58 bits per heavy atom. The number of carboxylic acids is 2. The van der Waals surface area contributed by atoms with E-state index < -0.39 is 18.1 Å². The van der Waals surface area contributed by atoms with Crippen molar-refractivity contribution >= 4 is 27.9 Å². The van der Waals surface area contributed by atoms with Crippen molar-refractivity contribution in [1.29, 1.82) is 0 Å². The second-order valence-electron chi connectivity index (χ2n) is 6.99. The van der Waals surface area contributed by atoms with Gasteiger partial charge >= 0.3 is 18.1 Å². The lowest BCUT2D eigenvalue weighted by molar-refractivity contribution is -0.192. The normalized spacial score (nSPS) is 10.8. The number of aryl methyl sites for hydroxylation is 2. The Bertz CT molecular complexity index is 860. The number of carbonyl (C=O) groups is 2. The predicted octanol–water partition coefficient (Wildman–Crippen LogP) is 5.09. The third-order valence-electron chi connectivity index (χ3n) is 4.32. The number of nitrogens with one attached hydrogen (secondary N) is 1. The van der Waals surface area contributed by atoms with Gasteiger partial charge in [-0.25, -0.2) is 4.79 Å². The Morgan fingerprint density at radius 3 is 2.15 bits per heavy atom. The first kappa shape index (κ1) is 28.4. The second-order valence-corrected chi connectivity index (χ2v) is 7.84. The number of benzene rings is 2. The lowest BCUT2D eigenvalue weighted by atomic mass is 10.1. The molecule has 33 heavy (non-hydrogen) atoms. The van der Waals surface area contributed by atoms with Crippen molar-refractivity contribution in [2.75, 3.05) is 19.7 Å². The SMILES string of the molecule is O=C(O)C(F)(F)F.O=C(O)CCNCCCc1ccc(OCCCc2ccccc2Br)cc1. The van der Waals surface area contributed by atoms with Crippen molar-refractivity contribution in [1.82, 2.24) is 5.32 Å². The van der Waals surface area contributed by atoms with Crippen molar-refractivity contribution < 1.29 is 37.7 Å². The number of carboxylic acid groups (broad SMARTS) is 2. The van der Waals surface area contributed by atoms with Gasteiger partial charge in [0.05, 0.1) is 13.0 Å². The number of aliphatic carboxylic acids is 2. The fourth-order valence-electron chi connectivity index (χ4n) is 2.64. The molecule has 0 radical (unpaired) electrons. The van der Waals surface area contributed by atoms with Gasteiger partial charge in [-0.05, 0) is 61.6 Å². The van der Waals surface area contributed by atoms with Crippen molar-refractivity contribution in [2.24, 2.45) is 0 Å². The molecule has 3 N–H and O–H groups in total. The fraction of sp³-hybridized carbons (Fsp3) is 0.391. The van der Waals surface area contributed by atoms with Gasteiger partial charge in [-0.2, -0.15) is 13.2 Å². The number of hydrogen-bond acceptors (Lipinski definition) is 4. The molecule has 0 heterocycles. The third-order valence-corrected chi connectivity index (χ3v) is 5.09. The second kappa shape index (κ2) is 15.3. The summed E-state index contributed by atoms with van der Waals surface area (Å²) in [5.41, 5.74) is 2.58. The Morgan fingerprint density at radius 1 is 0.939 bits per heavy atom. The number of hydrogen-bond donors (Lipinski definition) is 3. The third kappa shape index (κ3) is 13.5. The van der Waals surface area contributed by atoms with Gasteiger partial charge in [0, 0.05) is 11.0 Å². The summed E-state index contributed by atoms with van der Waals surface area (Å²) in [4.78, 5) is 19.3. The van der Waals surface area contributed by atoms with E-state index in [1.165, 1.54) is 11.1 Å². The van der Waals surface area contributed by atoms with E-state index in [1.54, 1.807) is 0 Å². The molecule has 0 atom stereocenters. The van der Waals surface area contributed by atoms with E-state index in [0.717, 1.165) is 42.5 Å². The first-order chi connectivity index (χ1) is 15.6. The van der Waals surface area contributed by atoms with Crippen molar-refractivity contribution in [3.8, 4) is 5.75 Å². The number of ether oxygens (including phenoxy) is 1. The van der Waals surface area contributed by atoms with Gasteiger partial charge in [0.2, 0.25) is 0 Å². The van der Waals surface area contributed by atoms with Crippen LogP contribution < -0.4 is 10.1 Å². The van der Waals surface area contributed by atoms with Gasteiger partial charge in [0.15, 0.2) is 0 Å². The number of halogens is 4. The minimum atomic E-state index is -5.08. The first-order valence-corrected chi connectivity index (χ1v) is 11.1. The molecule has 0 aromatic heterocycles. The molecule has 0 amide bonds. The lowest BCUT2D eigenvalue weighted by Crippen LogP contribution is -2.21. The average Bonchev–Trinajstić information content (AvgIpc) is 2.75. The summed E-state index contributed by atoms with van der Waals surface area (Å²) in [6.45, 7) is 2.07. The first-order valence-electron chi connectivity index (χ1n) is 10.3. The summed E-state index contributed by atoms with van der Waals surface area (Å²) in [7, 11) is 0. The summed E-state index contributed by atoms with van der Waals surface area (Å²) in [5.74, 6) is -2.61. The van der Waals surface area contributed by atoms with Crippen LogP contribution in [0.3, 0.4) is 0 Å². The van der Waals surface area contributed by atoms with Crippen molar-refractivity contribution in [3.63, 3.8) is 0 Å². The van der Waals surface area contributed by atoms with Crippen LogP contribution in [0.1, 0.15) is 30.4 Å². The van der Waals surface area contributed by atoms with E-state index in [9.17, 15) is 18.0 Å². The molecule has 182 valence electrons. The zero-order chi connectivity index (χ0) is 24.7. The van der Waals surface area contributed by atoms with Crippen LogP contribution in [-0.4, -0.2) is 48.0 Å². The molecule has 0 bridgehead atoms. The Balaban J connectivity index is 0.000000675. The number of alkyl halides is 3. The summed E-state index contributed by atoms with van der Waals surface area (Å²) in [6.07, 6.45) is -0.970. The topological polar surface area (TPSA) is 95.9 Å². The highest BCUT2D eigenvalue weighted by atomic mass is 79.9. The summed E-state index contributed by atoms with van der Waals surface area (Å²) < 4.78 is 38.7. The molecular formula is C23H27BrF3NO5. The molecule has 0 aliphatic heterocycles. The molecule has 2 aromatic rings. The van der Waals surface area contributed by atoms with Crippen LogP contribution in [0.25, 0.3) is 0 Å². The minimum Gasteiger partial charge on any atom is -0.494 e. The van der Waals surface area contributed by atoms with Crippen LogP contribution in [0.5, 0.6) is 5.75 Å². The zero-order valence-electron chi connectivity index (χ0n) is 17.9. The molecule has 6 nitrogen and oxygen atoms in total. The monoisotopic (exact) mass is 533 g/mol. The molecule has 2 aromatic carbocycles. The van der Waals surface area contributed by atoms with Gasteiger partial charge in [0.1, 0.15) is 5.75 Å². The van der Waals surface area contributed by atoms with Crippen molar-refractivity contribution in [3.05, 3.63) is 64.1 Å². The maximum Gasteiger partial charge on any atom is 0.490 e. The standard InChI is InChI=1S/C21H26BrNO3.C2HF3O2/c22-20-8-2-1-6-18(20)7-4-16-26-19-11-9-17(10-12-19)5-3-14-23-15-13-21(24)25;3-2(4,5)1(6)7/h1-2,6,8-12,23H,3-5,7,13-16H2,(H,24,25);(H,6,7). The fourth-order valence-corrected chi connectivity index (χ4v) is 3.13. The van der Waals surface area contributed by atoms with Crippen LogP contribution in [0.15, 0.2) is 53.0 Å². The quantitative estimate of drug-likeness (QED) is 0.329. The van der Waals surface area contributed by atoms with E-state index in [1.807, 2.05) is 18.2 Å². The highest BCUT2D eigenvalue weighted by Gasteiger charge is 2.38. The smallest absolute Gasteiger partial charge is 0.490 e. The highest BCUT2D eigenvalue weighted by molar-refractivity contribution is 9.10.